The first-order valence-corrected chi connectivity index (χ1v) is 12.8. The predicted octanol–water partition coefficient (Wildman–Crippen LogP) is 0.650. The molecule has 0 aliphatic carbocycles. The molecule has 0 aromatic heterocycles. The van der Waals surface area contributed by atoms with E-state index in [4.69, 9.17) is 38.5 Å². The molecule has 0 heterocycles. The number of phosphoric acid groups is 2. The lowest BCUT2D eigenvalue weighted by atomic mass is 10.1. The Hall–Kier alpha value is 0.180. The Labute approximate surface area is 171 Å². The van der Waals surface area contributed by atoms with E-state index in [1.807, 2.05) is 13.8 Å². The zero-order valence-electron chi connectivity index (χ0n) is 17.9. The molecule has 0 saturated heterocycles. The Morgan fingerprint density at radius 2 is 0.571 bits per heavy atom. The third-order valence-electron chi connectivity index (χ3n) is 3.21. The van der Waals surface area contributed by atoms with Crippen LogP contribution in [0.4, 0.5) is 0 Å². The SMILES string of the molecule is CC.CCCCCCCCCCCCCCC.O.O=P([O-])([O-])[O-].O=P([O-])([O-])[O-]. The first kappa shape index (κ1) is 38.7. The molecule has 0 fully saturated rings. The van der Waals surface area contributed by atoms with Crippen molar-refractivity contribution in [2.24, 2.45) is 0 Å². The second-order valence-electron chi connectivity index (χ2n) is 5.78. The van der Waals surface area contributed by atoms with Crippen LogP contribution in [0.25, 0.3) is 0 Å². The summed E-state index contributed by atoms with van der Waals surface area (Å²) in [6.07, 6.45) is 18.9. The Morgan fingerprint density at radius 1 is 0.464 bits per heavy atom. The highest BCUT2D eigenvalue weighted by Gasteiger charge is 1.92. The Kier molecular flexibility index (Phi) is 40.7. The van der Waals surface area contributed by atoms with Crippen LogP contribution in [0.1, 0.15) is 111 Å². The van der Waals surface area contributed by atoms with Gasteiger partial charge >= 0.3 is 0 Å². The zero-order valence-corrected chi connectivity index (χ0v) is 19.6. The van der Waals surface area contributed by atoms with Crippen molar-refractivity contribution in [3.05, 3.63) is 0 Å². The molecule has 0 unspecified atom stereocenters. The van der Waals surface area contributed by atoms with Gasteiger partial charge in [-0.2, -0.15) is 15.6 Å². The average molecular weight is 450 g/mol. The van der Waals surface area contributed by atoms with Crippen LogP contribution in [0.15, 0.2) is 0 Å². The van der Waals surface area contributed by atoms with E-state index in [1.165, 1.54) is 83.5 Å². The van der Waals surface area contributed by atoms with Crippen molar-refractivity contribution in [3.8, 4) is 0 Å². The summed E-state index contributed by atoms with van der Waals surface area (Å²) in [5, 5.41) is 0. The molecule has 0 rings (SSSR count). The van der Waals surface area contributed by atoms with E-state index in [-0.39, 0.29) is 5.48 Å². The molecular formula is C17H40O9P2-6. The molecule has 0 radical (unpaired) electrons. The highest BCUT2D eigenvalue weighted by atomic mass is 31.2. The van der Waals surface area contributed by atoms with Gasteiger partial charge in [0, 0.05) is 0 Å². The molecule has 0 aromatic rings. The number of hydrogen-bond acceptors (Lipinski definition) is 8. The molecule has 178 valence electrons. The van der Waals surface area contributed by atoms with E-state index in [2.05, 4.69) is 13.8 Å². The largest absolute Gasteiger partial charge is 0.822 e. The molecular weight excluding hydrogens is 410 g/mol. The standard InChI is InChI=1S/C15H32.C2H6.2H3O4P.H2O/c1-3-5-7-9-11-13-15-14-12-10-8-6-4-2;1-2;2*1-5(2,3)4;/h3-15H2,1-2H3;1-2H3;2*(H3,1,2,3,4);1H2/p-6. The minimum absolute atomic E-state index is 0. The molecule has 0 aliphatic heterocycles. The summed E-state index contributed by atoms with van der Waals surface area (Å²) in [5.74, 6) is 0. The minimum atomic E-state index is -5.39. The van der Waals surface area contributed by atoms with Gasteiger partial charge < -0.3 is 44.0 Å². The van der Waals surface area contributed by atoms with Crippen molar-refractivity contribution >= 4 is 15.6 Å². The van der Waals surface area contributed by atoms with Crippen molar-refractivity contribution in [2.45, 2.75) is 111 Å². The van der Waals surface area contributed by atoms with E-state index >= 15 is 0 Å². The van der Waals surface area contributed by atoms with E-state index < -0.39 is 15.6 Å². The van der Waals surface area contributed by atoms with Crippen LogP contribution < -0.4 is 29.4 Å². The van der Waals surface area contributed by atoms with E-state index in [0.717, 1.165) is 0 Å². The summed E-state index contributed by atoms with van der Waals surface area (Å²) in [6.45, 7) is 8.58. The van der Waals surface area contributed by atoms with Crippen molar-refractivity contribution in [1.82, 2.24) is 0 Å². The molecule has 0 spiro atoms. The molecule has 0 atom stereocenters. The molecule has 0 aromatic carbocycles. The van der Waals surface area contributed by atoms with Gasteiger partial charge in [0.25, 0.3) is 0 Å². The quantitative estimate of drug-likeness (QED) is 0.304. The van der Waals surface area contributed by atoms with Gasteiger partial charge in [-0.15, -0.1) is 0 Å². The summed E-state index contributed by atoms with van der Waals surface area (Å²) in [4.78, 5) is 51.3. The molecule has 0 aliphatic rings. The van der Waals surface area contributed by atoms with Crippen LogP contribution in [0.3, 0.4) is 0 Å². The lowest BCUT2D eigenvalue weighted by Crippen LogP contribution is -2.24. The normalized spacial score (nSPS) is 10.2. The Morgan fingerprint density at radius 3 is 0.679 bits per heavy atom. The van der Waals surface area contributed by atoms with Gasteiger partial charge in [-0.3, -0.25) is 0 Å². The van der Waals surface area contributed by atoms with Gasteiger partial charge in [-0.25, -0.2) is 0 Å². The second kappa shape index (κ2) is 29.4. The van der Waals surface area contributed by atoms with Gasteiger partial charge in [0.1, 0.15) is 0 Å². The maximum atomic E-state index is 8.55. The maximum absolute atomic E-state index is 8.55. The van der Waals surface area contributed by atoms with Gasteiger partial charge in [-0.05, 0) is 0 Å². The van der Waals surface area contributed by atoms with Crippen molar-refractivity contribution in [2.75, 3.05) is 0 Å². The fourth-order valence-electron chi connectivity index (χ4n) is 2.09. The summed E-state index contributed by atoms with van der Waals surface area (Å²) in [5.41, 5.74) is 0. The van der Waals surface area contributed by atoms with Crippen LogP contribution in [-0.2, 0) is 9.13 Å². The maximum Gasteiger partial charge on any atom is -0.0533 e. The molecule has 2 N–H and O–H groups in total. The predicted molar refractivity (Wildman–Crippen MR) is 102 cm³/mol. The van der Waals surface area contributed by atoms with Gasteiger partial charge in [0.2, 0.25) is 0 Å². The van der Waals surface area contributed by atoms with Crippen LogP contribution >= 0.6 is 15.6 Å². The number of unbranched alkanes of at least 4 members (excludes halogenated alkanes) is 12. The summed E-state index contributed by atoms with van der Waals surface area (Å²) in [6, 6.07) is 0. The summed E-state index contributed by atoms with van der Waals surface area (Å²) < 4.78 is 17.1. The number of hydrogen-bond donors (Lipinski definition) is 0. The van der Waals surface area contributed by atoms with Gasteiger partial charge in [0.05, 0.1) is 0 Å². The lowest BCUT2D eigenvalue weighted by Gasteiger charge is -2.36. The van der Waals surface area contributed by atoms with E-state index in [9.17, 15) is 0 Å². The van der Waals surface area contributed by atoms with Gasteiger partial charge in [0.15, 0.2) is 0 Å². The summed E-state index contributed by atoms with van der Waals surface area (Å²) in [7, 11) is -10.8. The minimum Gasteiger partial charge on any atom is -0.822 e. The molecule has 0 bridgehead atoms. The topological polar surface area (TPSA) is 204 Å². The molecule has 0 saturated carbocycles. The second-order valence-corrected chi connectivity index (χ2v) is 7.57. The van der Waals surface area contributed by atoms with Crippen LogP contribution in [0, 0.1) is 0 Å². The third kappa shape index (κ3) is 112. The van der Waals surface area contributed by atoms with E-state index in [0.29, 0.717) is 0 Å². The smallest absolute Gasteiger partial charge is 0.0533 e. The third-order valence-corrected chi connectivity index (χ3v) is 3.21. The van der Waals surface area contributed by atoms with Crippen LogP contribution in [0.2, 0.25) is 0 Å². The zero-order chi connectivity index (χ0) is 22.2. The molecule has 11 heteroatoms. The lowest BCUT2D eigenvalue weighted by molar-refractivity contribution is -0.434. The van der Waals surface area contributed by atoms with Crippen LogP contribution in [-0.4, -0.2) is 5.48 Å². The number of rotatable bonds is 12. The van der Waals surface area contributed by atoms with Crippen molar-refractivity contribution in [3.63, 3.8) is 0 Å². The molecule has 9 nitrogen and oxygen atoms in total. The van der Waals surface area contributed by atoms with Gasteiger partial charge in [-0.1, -0.05) is 111 Å². The Balaban J connectivity index is -0.000000112. The average Bonchev–Trinajstić information content (AvgIpc) is 2.51. The monoisotopic (exact) mass is 450 g/mol. The highest BCUT2D eigenvalue weighted by Crippen LogP contribution is 2.12. The van der Waals surface area contributed by atoms with Crippen molar-refractivity contribution in [1.29, 1.82) is 0 Å². The fourth-order valence-corrected chi connectivity index (χ4v) is 2.09. The van der Waals surface area contributed by atoms with Crippen molar-refractivity contribution < 1.29 is 44.0 Å². The first-order valence-electron chi connectivity index (χ1n) is 9.87. The highest BCUT2D eigenvalue weighted by molar-refractivity contribution is 7.40. The molecule has 28 heavy (non-hydrogen) atoms. The van der Waals surface area contributed by atoms with Crippen LogP contribution in [0.5, 0.6) is 0 Å². The molecule has 0 amide bonds. The summed E-state index contributed by atoms with van der Waals surface area (Å²) >= 11 is 0. The fraction of sp³-hybridized carbons (Fsp3) is 1.00. The van der Waals surface area contributed by atoms with E-state index in [1.54, 1.807) is 0 Å². The Bertz CT molecular complexity index is 295. The first-order chi connectivity index (χ1) is 12.4.